The predicted molar refractivity (Wildman–Crippen MR) is 103 cm³/mol. The zero-order valence-electron chi connectivity index (χ0n) is 15.9. The highest BCUT2D eigenvalue weighted by Gasteiger charge is 2.40. The number of carbonyl (C=O) groups excluding carboxylic acids is 1. The minimum Gasteiger partial charge on any atom is -0.351 e. The summed E-state index contributed by atoms with van der Waals surface area (Å²) in [6, 6.07) is 5.06. The molecule has 2 bridgehead atoms. The molecule has 5 rings (SSSR count). The SMILES string of the molecule is CC(C)Cn1cc(C(=O)NCC23CCC(CC2)CC3)c2c(F)cccc21. The summed E-state index contributed by atoms with van der Waals surface area (Å²) in [5, 5.41) is 3.61. The summed E-state index contributed by atoms with van der Waals surface area (Å²) in [6.45, 7) is 5.76. The zero-order chi connectivity index (χ0) is 18.3. The monoisotopic (exact) mass is 356 g/mol. The van der Waals surface area contributed by atoms with Crippen LogP contribution in [0.1, 0.15) is 62.7 Å². The van der Waals surface area contributed by atoms with Gasteiger partial charge in [-0.25, -0.2) is 4.39 Å². The van der Waals surface area contributed by atoms with Crippen LogP contribution in [0.2, 0.25) is 0 Å². The van der Waals surface area contributed by atoms with Gasteiger partial charge in [-0.15, -0.1) is 0 Å². The number of aromatic nitrogens is 1. The molecule has 4 heteroatoms. The van der Waals surface area contributed by atoms with Crippen molar-refractivity contribution in [3.05, 3.63) is 35.8 Å². The van der Waals surface area contributed by atoms with Gasteiger partial charge in [0.25, 0.3) is 5.91 Å². The maximum absolute atomic E-state index is 14.5. The normalized spacial score (nSPS) is 25.2. The molecule has 3 nitrogen and oxygen atoms in total. The van der Waals surface area contributed by atoms with Crippen LogP contribution in [0, 0.1) is 23.1 Å². The van der Waals surface area contributed by atoms with Crippen molar-refractivity contribution in [1.82, 2.24) is 9.88 Å². The molecular formula is C22H29FN2O. The van der Waals surface area contributed by atoms with Gasteiger partial charge in [-0.3, -0.25) is 4.79 Å². The third kappa shape index (κ3) is 3.15. The molecule has 3 fully saturated rings. The van der Waals surface area contributed by atoms with E-state index in [9.17, 15) is 9.18 Å². The first-order valence-corrected chi connectivity index (χ1v) is 10.0. The molecule has 0 radical (unpaired) electrons. The van der Waals surface area contributed by atoms with Gasteiger partial charge in [0.05, 0.1) is 11.1 Å². The second kappa shape index (κ2) is 6.71. The number of amides is 1. The average Bonchev–Trinajstić information content (AvgIpc) is 3.01. The van der Waals surface area contributed by atoms with Crippen LogP contribution >= 0.6 is 0 Å². The molecule has 0 aliphatic heterocycles. The molecule has 0 atom stereocenters. The van der Waals surface area contributed by atoms with Gasteiger partial charge in [-0.05, 0) is 67.9 Å². The number of nitrogens with one attached hydrogen (secondary N) is 1. The van der Waals surface area contributed by atoms with Crippen molar-refractivity contribution in [2.75, 3.05) is 6.54 Å². The van der Waals surface area contributed by atoms with Crippen molar-refractivity contribution in [1.29, 1.82) is 0 Å². The van der Waals surface area contributed by atoms with Crippen LogP contribution in [-0.2, 0) is 6.54 Å². The number of halogens is 1. The van der Waals surface area contributed by atoms with Crippen LogP contribution in [0.5, 0.6) is 0 Å². The van der Waals surface area contributed by atoms with E-state index in [2.05, 4.69) is 19.2 Å². The van der Waals surface area contributed by atoms with E-state index in [-0.39, 0.29) is 17.1 Å². The molecule has 140 valence electrons. The highest BCUT2D eigenvalue weighted by Crippen LogP contribution is 2.49. The van der Waals surface area contributed by atoms with Crippen LogP contribution in [-0.4, -0.2) is 17.0 Å². The molecule has 0 spiro atoms. The Balaban J connectivity index is 1.58. The number of carbonyl (C=O) groups is 1. The summed E-state index contributed by atoms with van der Waals surface area (Å²) < 4.78 is 16.5. The molecule has 0 unspecified atom stereocenters. The lowest BCUT2D eigenvalue weighted by molar-refractivity contribution is 0.0597. The summed E-state index contributed by atoms with van der Waals surface area (Å²) in [5.41, 5.74) is 1.55. The lowest BCUT2D eigenvalue weighted by Gasteiger charge is -2.46. The van der Waals surface area contributed by atoms with Crippen molar-refractivity contribution >= 4 is 16.8 Å². The standard InChI is InChI=1S/C22H29FN2O/c1-15(2)12-25-13-17(20-18(23)4-3-5-19(20)25)21(26)24-14-22-9-6-16(7-10-22)8-11-22/h3-5,13,15-16H,6-12,14H2,1-2H3,(H,24,26). The van der Waals surface area contributed by atoms with Crippen molar-refractivity contribution in [2.24, 2.45) is 17.3 Å². The largest absolute Gasteiger partial charge is 0.351 e. The van der Waals surface area contributed by atoms with E-state index in [4.69, 9.17) is 0 Å². The van der Waals surface area contributed by atoms with E-state index in [0.717, 1.165) is 24.5 Å². The van der Waals surface area contributed by atoms with Gasteiger partial charge in [0.1, 0.15) is 5.82 Å². The van der Waals surface area contributed by atoms with E-state index in [0.29, 0.717) is 16.9 Å². The smallest absolute Gasteiger partial charge is 0.253 e. The van der Waals surface area contributed by atoms with Gasteiger partial charge in [0.2, 0.25) is 0 Å². The molecule has 1 N–H and O–H groups in total. The Bertz CT molecular complexity index is 801. The van der Waals surface area contributed by atoms with E-state index >= 15 is 0 Å². The summed E-state index contributed by atoms with van der Waals surface area (Å²) in [4.78, 5) is 12.9. The highest BCUT2D eigenvalue weighted by atomic mass is 19.1. The summed E-state index contributed by atoms with van der Waals surface area (Å²) in [6.07, 6.45) is 9.41. The molecule has 1 heterocycles. The molecule has 3 aliphatic rings. The third-order valence-electron chi connectivity index (χ3n) is 6.53. The maximum Gasteiger partial charge on any atom is 0.253 e. The summed E-state index contributed by atoms with van der Waals surface area (Å²) >= 11 is 0. The number of nitrogens with zero attached hydrogens (tertiary/aromatic N) is 1. The summed E-state index contributed by atoms with van der Waals surface area (Å²) in [5.74, 6) is 0.896. The fraction of sp³-hybridized carbons (Fsp3) is 0.591. The van der Waals surface area contributed by atoms with Gasteiger partial charge >= 0.3 is 0 Å². The second-order valence-corrected chi connectivity index (χ2v) is 8.89. The van der Waals surface area contributed by atoms with Crippen LogP contribution in [0.15, 0.2) is 24.4 Å². The van der Waals surface area contributed by atoms with E-state index in [1.807, 2.05) is 16.8 Å². The highest BCUT2D eigenvalue weighted by molar-refractivity contribution is 6.07. The molecule has 1 aromatic heterocycles. The van der Waals surface area contributed by atoms with E-state index < -0.39 is 0 Å². The Morgan fingerprint density at radius 3 is 2.62 bits per heavy atom. The fourth-order valence-electron chi connectivity index (χ4n) is 4.99. The minimum atomic E-state index is -0.313. The first-order chi connectivity index (χ1) is 12.5. The molecule has 3 aliphatic carbocycles. The fourth-order valence-corrected chi connectivity index (χ4v) is 4.99. The lowest BCUT2D eigenvalue weighted by atomic mass is 9.61. The first kappa shape index (κ1) is 17.6. The van der Waals surface area contributed by atoms with Gasteiger partial charge in [-0.2, -0.15) is 0 Å². The van der Waals surface area contributed by atoms with Crippen LogP contribution in [0.3, 0.4) is 0 Å². The Morgan fingerprint density at radius 2 is 1.96 bits per heavy atom. The van der Waals surface area contributed by atoms with Crippen molar-refractivity contribution in [3.63, 3.8) is 0 Å². The Morgan fingerprint density at radius 1 is 1.27 bits per heavy atom. The van der Waals surface area contributed by atoms with E-state index in [1.54, 1.807) is 6.07 Å². The van der Waals surface area contributed by atoms with Gasteiger partial charge in [0, 0.05) is 24.7 Å². The van der Waals surface area contributed by atoms with Gasteiger partial charge in [0.15, 0.2) is 0 Å². The van der Waals surface area contributed by atoms with Crippen LogP contribution in [0.4, 0.5) is 4.39 Å². The number of fused-ring (bicyclic) bond motifs is 4. The molecule has 26 heavy (non-hydrogen) atoms. The lowest BCUT2D eigenvalue weighted by Crippen LogP contribution is -2.43. The third-order valence-corrected chi connectivity index (χ3v) is 6.53. The number of rotatable bonds is 5. The van der Waals surface area contributed by atoms with Crippen molar-refractivity contribution in [3.8, 4) is 0 Å². The molecule has 0 saturated heterocycles. The molecule has 3 saturated carbocycles. The van der Waals surface area contributed by atoms with Crippen molar-refractivity contribution in [2.45, 2.75) is 58.9 Å². The van der Waals surface area contributed by atoms with Gasteiger partial charge in [-0.1, -0.05) is 19.9 Å². The minimum absolute atomic E-state index is 0.135. The maximum atomic E-state index is 14.5. The molecule has 2 aromatic rings. The molecule has 1 amide bonds. The quantitative estimate of drug-likeness (QED) is 0.791. The number of hydrogen-bond donors (Lipinski definition) is 1. The van der Waals surface area contributed by atoms with Crippen molar-refractivity contribution < 1.29 is 9.18 Å². The second-order valence-electron chi connectivity index (χ2n) is 8.89. The van der Waals surface area contributed by atoms with E-state index in [1.165, 1.54) is 44.6 Å². The zero-order valence-corrected chi connectivity index (χ0v) is 15.9. The topological polar surface area (TPSA) is 34.0 Å². The van der Waals surface area contributed by atoms with Gasteiger partial charge < -0.3 is 9.88 Å². The van der Waals surface area contributed by atoms with Crippen LogP contribution in [0.25, 0.3) is 10.9 Å². The van der Waals surface area contributed by atoms with Crippen LogP contribution < -0.4 is 5.32 Å². The Kier molecular flexibility index (Phi) is 4.54. The molecular weight excluding hydrogens is 327 g/mol. The predicted octanol–water partition coefficient (Wildman–Crippen LogP) is 5.14. The number of hydrogen-bond acceptors (Lipinski definition) is 1. The summed E-state index contributed by atoms with van der Waals surface area (Å²) in [7, 11) is 0. The average molecular weight is 356 g/mol. The number of benzene rings is 1. The Labute approximate surface area is 155 Å². The Hall–Kier alpha value is -1.84. The molecule has 1 aromatic carbocycles. The first-order valence-electron chi connectivity index (χ1n) is 10.0.